The van der Waals surface area contributed by atoms with E-state index < -0.39 is 5.97 Å². The summed E-state index contributed by atoms with van der Waals surface area (Å²) in [6.45, 7) is 2.30. The van der Waals surface area contributed by atoms with Crippen molar-refractivity contribution in [1.82, 2.24) is 9.80 Å². The Bertz CT molecular complexity index is 373. The van der Waals surface area contributed by atoms with Crippen molar-refractivity contribution in [1.29, 1.82) is 0 Å². The summed E-state index contributed by atoms with van der Waals surface area (Å²) in [7, 11) is 0. The SMILES string of the molecule is O=C(O)CCC1CCN(C(=O)N2CCCCC2CCO)C1. The van der Waals surface area contributed by atoms with Crippen molar-refractivity contribution >= 4 is 12.0 Å². The third-order valence-corrected chi connectivity index (χ3v) is 4.66. The van der Waals surface area contributed by atoms with Gasteiger partial charge in [-0.25, -0.2) is 4.79 Å². The first-order valence-corrected chi connectivity index (χ1v) is 8.00. The molecule has 2 unspecified atom stereocenters. The van der Waals surface area contributed by atoms with Crippen LogP contribution in [-0.2, 0) is 4.79 Å². The number of carboxylic acids is 1. The predicted molar refractivity (Wildman–Crippen MR) is 78.0 cm³/mol. The molecule has 2 aliphatic heterocycles. The number of nitrogens with zero attached hydrogens (tertiary/aromatic N) is 2. The standard InChI is InChI=1S/C15H26N2O4/c18-10-7-13-3-1-2-8-17(13)15(21)16-9-6-12(11-16)4-5-14(19)20/h12-13,18H,1-11H2,(H,19,20). The number of hydrogen-bond acceptors (Lipinski definition) is 3. The Morgan fingerprint density at radius 1 is 1.10 bits per heavy atom. The van der Waals surface area contributed by atoms with E-state index in [-0.39, 0.29) is 25.1 Å². The van der Waals surface area contributed by atoms with Crippen LogP contribution in [0.1, 0.15) is 44.9 Å². The molecule has 0 spiro atoms. The maximum absolute atomic E-state index is 12.6. The summed E-state index contributed by atoms with van der Waals surface area (Å²) in [6, 6.07) is 0.236. The Kier molecular flexibility index (Phi) is 5.85. The van der Waals surface area contributed by atoms with Crippen LogP contribution in [0, 0.1) is 5.92 Å². The van der Waals surface area contributed by atoms with Crippen molar-refractivity contribution in [3.8, 4) is 0 Å². The number of aliphatic hydroxyl groups is 1. The van der Waals surface area contributed by atoms with E-state index >= 15 is 0 Å². The van der Waals surface area contributed by atoms with E-state index in [1.807, 2.05) is 9.80 Å². The monoisotopic (exact) mass is 298 g/mol. The normalized spacial score (nSPS) is 26.1. The molecule has 2 heterocycles. The molecule has 2 amide bonds. The molecule has 0 radical (unpaired) electrons. The molecule has 2 N–H and O–H groups in total. The van der Waals surface area contributed by atoms with E-state index in [9.17, 15) is 9.59 Å². The van der Waals surface area contributed by atoms with E-state index in [4.69, 9.17) is 10.2 Å². The van der Waals surface area contributed by atoms with Crippen LogP contribution in [-0.4, -0.2) is 64.3 Å². The summed E-state index contributed by atoms with van der Waals surface area (Å²) in [5, 5.41) is 17.9. The number of aliphatic hydroxyl groups excluding tert-OH is 1. The number of rotatable bonds is 5. The lowest BCUT2D eigenvalue weighted by atomic mass is 10.00. The number of carboxylic acid groups (broad SMARTS) is 1. The van der Waals surface area contributed by atoms with Crippen molar-refractivity contribution in [3.63, 3.8) is 0 Å². The summed E-state index contributed by atoms with van der Waals surface area (Å²) < 4.78 is 0. The minimum Gasteiger partial charge on any atom is -0.481 e. The molecule has 0 bridgehead atoms. The van der Waals surface area contributed by atoms with Crippen LogP contribution < -0.4 is 0 Å². The van der Waals surface area contributed by atoms with Crippen molar-refractivity contribution in [2.45, 2.75) is 51.0 Å². The fraction of sp³-hybridized carbons (Fsp3) is 0.867. The first-order chi connectivity index (χ1) is 10.1. The molecule has 21 heavy (non-hydrogen) atoms. The Labute approximate surface area is 125 Å². The molecule has 2 aliphatic rings. The van der Waals surface area contributed by atoms with Crippen LogP contribution in [0.4, 0.5) is 4.79 Å². The lowest BCUT2D eigenvalue weighted by molar-refractivity contribution is -0.137. The van der Waals surface area contributed by atoms with E-state index in [0.29, 0.717) is 25.3 Å². The van der Waals surface area contributed by atoms with Crippen molar-refractivity contribution in [2.24, 2.45) is 5.92 Å². The second kappa shape index (κ2) is 7.64. The van der Waals surface area contributed by atoms with E-state index in [0.717, 1.165) is 38.8 Å². The van der Waals surface area contributed by atoms with E-state index in [2.05, 4.69) is 0 Å². The topological polar surface area (TPSA) is 81.1 Å². The zero-order chi connectivity index (χ0) is 15.2. The summed E-state index contributed by atoms with van der Waals surface area (Å²) in [5.74, 6) is -0.454. The smallest absolute Gasteiger partial charge is 0.320 e. The molecular formula is C15H26N2O4. The molecule has 0 aliphatic carbocycles. The predicted octanol–water partition coefficient (Wildman–Crippen LogP) is 1.53. The summed E-state index contributed by atoms with van der Waals surface area (Å²) in [5.41, 5.74) is 0. The fourth-order valence-corrected chi connectivity index (χ4v) is 3.45. The molecule has 120 valence electrons. The number of carbonyl (C=O) groups is 2. The average molecular weight is 298 g/mol. The van der Waals surface area contributed by atoms with Gasteiger partial charge in [-0.1, -0.05) is 0 Å². The lowest BCUT2D eigenvalue weighted by Crippen LogP contribution is -2.50. The highest BCUT2D eigenvalue weighted by Crippen LogP contribution is 2.26. The lowest BCUT2D eigenvalue weighted by Gasteiger charge is -2.38. The highest BCUT2D eigenvalue weighted by molar-refractivity contribution is 5.75. The third-order valence-electron chi connectivity index (χ3n) is 4.66. The van der Waals surface area contributed by atoms with Crippen molar-refractivity contribution < 1.29 is 19.8 Å². The molecule has 0 aromatic rings. The second-order valence-electron chi connectivity index (χ2n) is 6.17. The zero-order valence-corrected chi connectivity index (χ0v) is 12.5. The summed E-state index contributed by atoms with van der Waals surface area (Å²) >= 11 is 0. The first-order valence-electron chi connectivity index (χ1n) is 8.00. The summed E-state index contributed by atoms with van der Waals surface area (Å²) in [6.07, 6.45) is 5.52. The number of urea groups is 1. The number of aliphatic carboxylic acids is 1. The molecule has 2 rings (SSSR count). The van der Waals surface area contributed by atoms with Gasteiger partial charge in [-0.05, 0) is 44.4 Å². The molecule has 6 heteroatoms. The number of hydrogen-bond donors (Lipinski definition) is 2. The first kappa shape index (κ1) is 16.1. The average Bonchev–Trinajstić information content (AvgIpc) is 2.94. The molecule has 2 fully saturated rings. The number of piperidine rings is 1. The van der Waals surface area contributed by atoms with Gasteiger partial charge in [0.25, 0.3) is 0 Å². The zero-order valence-electron chi connectivity index (χ0n) is 12.5. The van der Waals surface area contributed by atoms with Gasteiger partial charge in [0, 0.05) is 38.7 Å². The van der Waals surface area contributed by atoms with Crippen LogP contribution in [0.5, 0.6) is 0 Å². The highest BCUT2D eigenvalue weighted by Gasteiger charge is 2.33. The van der Waals surface area contributed by atoms with Crippen LogP contribution in [0.2, 0.25) is 0 Å². The molecule has 6 nitrogen and oxygen atoms in total. The highest BCUT2D eigenvalue weighted by atomic mass is 16.4. The number of likely N-dealkylation sites (tertiary alicyclic amines) is 2. The minimum absolute atomic E-state index is 0.0750. The van der Waals surface area contributed by atoms with Crippen LogP contribution in [0.25, 0.3) is 0 Å². The van der Waals surface area contributed by atoms with Gasteiger partial charge in [0.05, 0.1) is 0 Å². The molecule has 2 atom stereocenters. The van der Waals surface area contributed by atoms with Gasteiger partial charge < -0.3 is 20.0 Å². The molecule has 0 aromatic carbocycles. The van der Waals surface area contributed by atoms with Gasteiger partial charge in [0.2, 0.25) is 0 Å². The maximum Gasteiger partial charge on any atom is 0.320 e. The second-order valence-corrected chi connectivity index (χ2v) is 6.17. The van der Waals surface area contributed by atoms with Crippen molar-refractivity contribution in [3.05, 3.63) is 0 Å². The van der Waals surface area contributed by atoms with Crippen LogP contribution >= 0.6 is 0 Å². The molecule has 0 aromatic heterocycles. The minimum atomic E-state index is -0.765. The maximum atomic E-state index is 12.6. The number of carbonyl (C=O) groups excluding carboxylic acids is 1. The molecule has 2 saturated heterocycles. The van der Waals surface area contributed by atoms with E-state index in [1.54, 1.807) is 0 Å². The van der Waals surface area contributed by atoms with Gasteiger partial charge in [-0.2, -0.15) is 0 Å². The molecular weight excluding hydrogens is 272 g/mol. The van der Waals surface area contributed by atoms with Crippen molar-refractivity contribution in [2.75, 3.05) is 26.2 Å². The quantitative estimate of drug-likeness (QED) is 0.806. The summed E-state index contributed by atoms with van der Waals surface area (Å²) in [4.78, 5) is 27.0. The Hall–Kier alpha value is -1.30. The van der Waals surface area contributed by atoms with Gasteiger partial charge in [-0.3, -0.25) is 4.79 Å². The van der Waals surface area contributed by atoms with E-state index in [1.165, 1.54) is 0 Å². The van der Waals surface area contributed by atoms with Gasteiger partial charge >= 0.3 is 12.0 Å². The third kappa shape index (κ3) is 4.33. The Balaban J connectivity index is 1.86. The largest absolute Gasteiger partial charge is 0.481 e. The Morgan fingerprint density at radius 2 is 1.90 bits per heavy atom. The van der Waals surface area contributed by atoms with Crippen LogP contribution in [0.15, 0.2) is 0 Å². The molecule has 0 saturated carbocycles. The van der Waals surface area contributed by atoms with Gasteiger partial charge in [0.1, 0.15) is 0 Å². The fourth-order valence-electron chi connectivity index (χ4n) is 3.45. The van der Waals surface area contributed by atoms with Gasteiger partial charge in [-0.15, -0.1) is 0 Å². The Morgan fingerprint density at radius 3 is 2.62 bits per heavy atom. The number of amides is 2. The van der Waals surface area contributed by atoms with Gasteiger partial charge in [0.15, 0.2) is 0 Å². The van der Waals surface area contributed by atoms with Crippen LogP contribution in [0.3, 0.4) is 0 Å².